The fraction of sp³-hybridized carbons (Fsp3) is 0.833. The Bertz CT molecular complexity index is 823. The van der Waals surface area contributed by atoms with E-state index in [1.54, 1.807) is 0 Å². The highest BCUT2D eigenvalue weighted by Gasteiger charge is 2.91. The molecule has 0 heterocycles. The molecule has 0 aromatic carbocycles. The van der Waals surface area contributed by atoms with E-state index in [4.69, 9.17) is 10.2 Å². The molecule has 0 aliphatic heterocycles. The third-order valence-electron chi connectivity index (χ3n) is 3.70. The van der Waals surface area contributed by atoms with Crippen LogP contribution in [0.4, 0.5) is 87.8 Å². The summed E-state index contributed by atoms with van der Waals surface area (Å²) >= 11 is 0. The van der Waals surface area contributed by atoms with Crippen LogP contribution in [-0.2, 0) is 4.89 Å². The maximum Gasteiger partial charge on any atom is 0.590 e. The van der Waals surface area contributed by atoms with Crippen molar-refractivity contribution in [3.63, 3.8) is 0 Å². The molecule has 0 bridgehead atoms. The van der Waals surface area contributed by atoms with E-state index in [0.717, 1.165) is 0 Å². The molecule has 4 nitrogen and oxygen atoms in total. The van der Waals surface area contributed by atoms with Crippen LogP contribution in [0.2, 0.25) is 0 Å². The van der Waals surface area contributed by atoms with Gasteiger partial charge in [-0.3, -0.25) is 0 Å². The average Bonchev–Trinajstić information content (AvgIpc) is 2.65. The molecule has 0 radical (unpaired) electrons. The van der Waals surface area contributed by atoms with Crippen LogP contribution in [0, 0.1) is 0 Å². The van der Waals surface area contributed by atoms with Gasteiger partial charge in [0.05, 0.1) is 0 Å². The molecule has 0 aromatic rings. The van der Waals surface area contributed by atoms with Gasteiger partial charge in [0.2, 0.25) is 0 Å². The van der Waals surface area contributed by atoms with Crippen molar-refractivity contribution in [3.05, 3.63) is 11.8 Å². The summed E-state index contributed by atoms with van der Waals surface area (Å²) in [6.45, 7) is -3.41. The fourth-order valence-corrected chi connectivity index (χ4v) is 1.61. The van der Waals surface area contributed by atoms with Gasteiger partial charge in [-0.2, -0.15) is 79.0 Å². The van der Waals surface area contributed by atoms with Gasteiger partial charge in [-0.05, 0) is 0 Å². The van der Waals surface area contributed by atoms with Crippen molar-refractivity contribution in [2.45, 2.75) is 53.7 Å². The summed E-state index contributed by atoms with van der Waals surface area (Å²) in [5.74, 6) is -58.9. The molecule has 0 aliphatic carbocycles. The van der Waals surface area contributed by atoms with Gasteiger partial charge in [0.15, 0.2) is 0 Å². The number of hydrogen-bond donors (Lipinski definition) is 2. The van der Waals surface area contributed by atoms with Crippen LogP contribution in [0.1, 0.15) is 0 Å². The largest absolute Gasteiger partial charge is 0.590 e. The van der Waals surface area contributed by atoms with E-state index in [1.807, 2.05) is 4.89 Å². The summed E-state index contributed by atoms with van der Waals surface area (Å²) in [6.07, 6.45) is -19.7. The molecule has 0 atom stereocenters. The Morgan fingerprint density at radius 2 is 0.972 bits per heavy atom. The summed E-state index contributed by atoms with van der Waals surface area (Å²) in [5, 5.41) is 15.4. The Balaban J connectivity index is 6.49. The minimum absolute atomic E-state index is 0.0992. The molecule has 0 aromatic heterocycles. The molecule has 0 rings (SSSR count). The highest BCUT2D eigenvalue weighted by atomic mass is 19.4. The molecule has 24 heteroatoms. The first-order valence-electron chi connectivity index (χ1n) is 7.53. The highest BCUT2D eigenvalue weighted by Crippen LogP contribution is 2.58. The van der Waals surface area contributed by atoms with Gasteiger partial charge in [0, 0.05) is 0 Å². The molecule has 0 saturated heterocycles. The van der Waals surface area contributed by atoms with Crippen LogP contribution in [0.3, 0.4) is 0 Å². The van der Waals surface area contributed by atoms with Crippen molar-refractivity contribution in [1.82, 2.24) is 0 Å². The second-order valence-electron chi connectivity index (χ2n) is 6.16. The quantitative estimate of drug-likeness (QED) is 0.108. The summed E-state index contributed by atoms with van der Waals surface area (Å²) in [6, 6.07) is 0. The van der Waals surface area contributed by atoms with Crippen molar-refractivity contribution in [3.8, 4) is 0 Å². The first-order valence-corrected chi connectivity index (χ1v) is 7.53. The van der Waals surface area contributed by atoms with Crippen LogP contribution < -0.4 is 0 Å². The van der Waals surface area contributed by atoms with E-state index < -0.39 is 72.1 Å². The van der Waals surface area contributed by atoms with E-state index in [1.165, 1.54) is 0 Å². The predicted molar refractivity (Wildman–Crippen MR) is 66.4 cm³/mol. The van der Waals surface area contributed by atoms with E-state index in [0.29, 0.717) is 0 Å². The Labute approximate surface area is 181 Å². The van der Waals surface area contributed by atoms with E-state index in [-0.39, 0.29) is 4.89 Å². The lowest BCUT2D eigenvalue weighted by Crippen LogP contribution is -2.68. The molecule has 0 saturated carbocycles. The lowest BCUT2D eigenvalue weighted by molar-refractivity contribution is -0.590. The average molecular weight is 593 g/mol. The molecule has 0 amide bonds. The third kappa shape index (κ3) is 4.81. The second-order valence-corrected chi connectivity index (χ2v) is 6.16. The molecule has 0 unspecified atom stereocenters. The zero-order valence-electron chi connectivity index (χ0n) is 15.5. The maximum absolute atomic E-state index is 13.5. The number of hydrogen-bond acceptors (Lipinski definition) is 3. The maximum atomic E-state index is 13.5. The van der Waals surface area contributed by atoms with Crippen molar-refractivity contribution in [2.24, 2.45) is 0 Å². The minimum atomic E-state index is -8.20. The van der Waals surface area contributed by atoms with E-state index >= 15 is 0 Å². The Hall–Kier alpha value is -1.98. The van der Waals surface area contributed by atoms with Crippen molar-refractivity contribution in [2.75, 3.05) is 6.61 Å². The molecule has 3 N–H and O–H groups in total. The van der Waals surface area contributed by atoms with Gasteiger partial charge in [-0.25, -0.2) is 4.89 Å². The first kappa shape index (κ1) is 34.0. The molecule has 0 fully saturated rings. The van der Waals surface area contributed by atoms with Crippen molar-refractivity contribution >= 4 is 0 Å². The summed E-state index contributed by atoms with van der Waals surface area (Å²) in [7, 11) is 0. The molecular weight excluding hydrogens is 588 g/mol. The highest BCUT2D eigenvalue weighted by molar-refractivity contribution is 5.17. The lowest BCUT2D eigenvalue weighted by atomic mass is 9.98. The van der Waals surface area contributed by atoms with Crippen LogP contribution in [-0.4, -0.2) is 75.4 Å². The monoisotopic (exact) mass is 593 g/mol. The first-order chi connectivity index (χ1) is 15.3. The number of aliphatic hydroxyl groups is 3. The van der Waals surface area contributed by atoms with Gasteiger partial charge in [0.1, 0.15) is 6.61 Å². The number of alkyl halides is 18. The number of allylic oxidation sites excluding steroid dienone is 1. The Morgan fingerprint density at radius 3 is 1.28 bits per heavy atom. The van der Waals surface area contributed by atoms with E-state index in [9.17, 15) is 87.8 Å². The summed E-state index contributed by atoms with van der Waals surface area (Å²) < 4.78 is 259. The fourth-order valence-electron chi connectivity index (χ4n) is 1.61. The zero-order chi connectivity index (χ0) is 29.8. The molecule has 0 aliphatic rings. The third-order valence-corrected chi connectivity index (χ3v) is 3.70. The zero-order valence-corrected chi connectivity index (χ0v) is 15.5. The number of halogens is 20. The van der Waals surface area contributed by atoms with Gasteiger partial charge in [0.25, 0.3) is 0 Å². The SMILES string of the molecule is OCC(F)(F)C(F)(F)C(F)(F)C(F)(F)C(O[OH+]C(F)(F)C(F)(F)C(F)(F)C(F)(F)C(O)(F)F)=C(F)F. The van der Waals surface area contributed by atoms with Crippen molar-refractivity contribution in [1.29, 1.82) is 0 Å². The van der Waals surface area contributed by atoms with E-state index in [2.05, 4.69) is 0 Å². The Morgan fingerprint density at radius 1 is 0.583 bits per heavy atom. The minimum Gasteiger partial charge on any atom is -0.390 e. The second kappa shape index (κ2) is 9.09. The van der Waals surface area contributed by atoms with Crippen LogP contribution >= 0.6 is 0 Å². The normalized spacial score (nSPS) is 15.7. The van der Waals surface area contributed by atoms with Crippen LogP contribution in [0.15, 0.2) is 11.8 Å². The van der Waals surface area contributed by atoms with Gasteiger partial charge in [-0.1, -0.05) is 0 Å². The number of rotatable bonds is 12. The van der Waals surface area contributed by atoms with Crippen LogP contribution in [0.5, 0.6) is 0 Å². The lowest BCUT2D eigenvalue weighted by Gasteiger charge is -2.36. The molecule has 216 valence electrons. The van der Waals surface area contributed by atoms with Gasteiger partial charge in [-0.15, -0.1) is 13.7 Å². The molecular formula is C12H5F20O4+. The van der Waals surface area contributed by atoms with Crippen LogP contribution in [0.25, 0.3) is 0 Å². The Kier molecular flexibility index (Phi) is 8.59. The summed E-state index contributed by atoms with van der Waals surface area (Å²) in [4.78, 5) is 2.07. The topological polar surface area (TPSA) is 62.5 Å². The molecule has 36 heavy (non-hydrogen) atoms. The smallest absolute Gasteiger partial charge is 0.390 e. The number of aliphatic hydroxyl groups excluding tert-OH is 1. The summed E-state index contributed by atoms with van der Waals surface area (Å²) in [5.41, 5.74) is 0. The van der Waals surface area contributed by atoms with Gasteiger partial charge >= 0.3 is 65.5 Å². The molecule has 0 spiro atoms. The van der Waals surface area contributed by atoms with Gasteiger partial charge < -0.3 is 10.2 Å². The standard InChI is InChI=1S/C12H4F20O4/c13-3(14)2(5(17,18)7(21,22)6(19,20)4(15,16)1-33)35-36-12(31,32)10(27,28)8(23,24)9(25,26)11(29,30)34/h33-34H,1H2/p+1. The van der Waals surface area contributed by atoms with Crippen molar-refractivity contribution < 1.29 is 108 Å². The predicted octanol–water partition coefficient (Wildman–Crippen LogP) is 5.17.